The van der Waals surface area contributed by atoms with Gasteiger partial charge in [0.1, 0.15) is 5.60 Å². The number of ether oxygens (including phenoxy) is 1. The van der Waals surface area contributed by atoms with Crippen LogP contribution in [0.2, 0.25) is 0 Å². The minimum Gasteiger partial charge on any atom is -0.459 e. The Morgan fingerprint density at radius 3 is 2.31 bits per heavy atom. The molecule has 4 saturated carbocycles. The summed E-state index contributed by atoms with van der Waals surface area (Å²) in [6, 6.07) is 0.132. The Morgan fingerprint density at radius 2 is 1.66 bits per heavy atom. The molecule has 4 N–H and O–H groups in total. The van der Waals surface area contributed by atoms with Gasteiger partial charge in [-0.3, -0.25) is 4.79 Å². The lowest BCUT2D eigenvalue weighted by Crippen LogP contribution is -2.70. The highest BCUT2D eigenvalue weighted by Gasteiger charge is 2.69. The van der Waals surface area contributed by atoms with Gasteiger partial charge < -0.3 is 16.2 Å². The SMILES string of the molecule is CC(=O)O[C@]12CC[C@@H](C)[C@H](C)C1C1=CCC3[C@@]4(C)C[C@@H](N)[C@H](N)C(C)(C)C4CC[C@@]3(C)[C@]1(C)CC2. The molecule has 35 heavy (non-hydrogen) atoms. The third-order valence-corrected chi connectivity index (χ3v) is 13.4. The average Bonchev–Trinajstić information content (AvgIpc) is 2.75. The van der Waals surface area contributed by atoms with Crippen molar-refractivity contribution in [3.05, 3.63) is 11.6 Å². The molecule has 0 bridgehead atoms. The first kappa shape index (κ1) is 25.8. The van der Waals surface area contributed by atoms with E-state index < -0.39 is 0 Å². The topological polar surface area (TPSA) is 78.3 Å². The van der Waals surface area contributed by atoms with E-state index in [0.29, 0.717) is 29.6 Å². The van der Waals surface area contributed by atoms with E-state index in [1.165, 1.54) is 12.8 Å². The molecule has 3 unspecified atom stereocenters. The normalized spacial score (nSPS) is 54.9. The zero-order valence-corrected chi connectivity index (χ0v) is 23.7. The molecule has 0 aromatic rings. The zero-order valence-electron chi connectivity index (χ0n) is 23.7. The smallest absolute Gasteiger partial charge is 0.303 e. The van der Waals surface area contributed by atoms with Gasteiger partial charge in [0.05, 0.1) is 0 Å². The predicted molar refractivity (Wildman–Crippen MR) is 142 cm³/mol. The maximum absolute atomic E-state index is 12.3. The van der Waals surface area contributed by atoms with Gasteiger partial charge in [0.25, 0.3) is 0 Å². The number of carbonyl (C=O) groups excluding carboxylic acids is 1. The quantitative estimate of drug-likeness (QED) is 0.342. The summed E-state index contributed by atoms with van der Waals surface area (Å²) < 4.78 is 6.31. The van der Waals surface area contributed by atoms with Gasteiger partial charge in [-0.2, -0.15) is 0 Å². The van der Waals surface area contributed by atoms with Crippen molar-refractivity contribution < 1.29 is 9.53 Å². The zero-order chi connectivity index (χ0) is 25.8. The summed E-state index contributed by atoms with van der Waals surface area (Å²) in [5, 5.41) is 0. The minimum atomic E-state index is -0.310. The van der Waals surface area contributed by atoms with Crippen molar-refractivity contribution >= 4 is 5.97 Å². The molecule has 4 fully saturated rings. The van der Waals surface area contributed by atoms with Gasteiger partial charge in [0, 0.05) is 24.9 Å². The number of rotatable bonds is 1. The fraction of sp³-hybridized carbons (Fsp3) is 0.903. The predicted octanol–water partition coefficient (Wildman–Crippen LogP) is 6.22. The molecule has 0 saturated heterocycles. The first-order valence-electron chi connectivity index (χ1n) is 14.6. The van der Waals surface area contributed by atoms with Gasteiger partial charge >= 0.3 is 5.97 Å². The van der Waals surface area contributed by atoms with Gasteiger partial charge in [0.15, 0.2) is 0 Å². The van der Waals surface area contributed by atoms with Crippen LogP contribution in [0.25, 0.3) is 0 Å². The van der Waals surface area contributed by atoms with Gasteiger partial charge in [-0.25, -0.2) is 0 Å². The lowest BCUT2D eigenvalue weighted by molar-refractivity contribution is -0.207. The van der Waals surface area contributed by atoms with E-state index in [0.717, 1.165) is 38.5 Å². The van der Waals surface area contributed by atoms with E-state index >= 15 is 0 Å². The Labute approximate surface area is 214 Å². The standard InChI is InChI=1S/C31H52N2O2/c1-18-11-14-31(35-20(3)34)16-15-29(7)21(25(31)19(18)2)9-10-24-28(6)17-22(32)26(33)27(4,5)23(28)12-13-30(24,29)8/h9,18-19,22-26H,10-17,32-33H2,1-8H3/t18-,19+,22-,23?,24?,25?,26+,28+,29-,30-,31+/m1/s1. The average molecular weight is 485 g/mol. The van der Waals surface area contributed by atoms with Crippen LogP contribution in [0.1, 0.15) is 107 Å². The molecule has 5 aliphatic carbocycles. The molecule has 5 rings (SSSR count). The summed E-state index contributed by atoms with van der Waals surface area (Å²) in [5.41, 5.74) is 15.4. The Morgan fingerprint density at radius 1 is 0.971 bits per heavy atom. The first-order chi connectivity index (χ1) is 16.1. The number of carbonyl (C=O) groups is 1. The molecule has 4 nitrogen and oxygen atoms in total. The van der Waals surface area contributed by atoms with Gasteiger partial charge in [0.2, 0.25) is 0 Å². The molecule has 198 valence electrons. The number of esters is 1. The van der Waals surface area contributed by atoms with Gasteiger partial charge in [-0.1, -0.05) is 60.1 Å². The Bertz CT molecular complexity index is 927. The molecular weight excluding hydrogens is 432 g/mol. The van der Waals surface area contributed by atoms with Crippen molar-refractivity contribution in [3.63, 3.8) is 0 Å². The van der Waals surface area contributed by atoms with Crippen molar-refractivity contribution in [2.75, 3.05) is 0 Å². The number of hydrogen-bond donors (Lipinski definition) is 2. The van der Waals surface area contributed by atoms with Crippen LogP contribution in [-0.2, 0) is 9.53 Å². The second-order valence-corrected chi connectivity index (χ2v) is 15.0. The maximum atomic E-state index is 12.3. The summed E-state index contributed by atoms with van der Waals surface area (Å²) in [6.45, 7) is 19.0. The molecular formula is C31H52N2O2. The third kappa shape index (κ3) is 3.20. The second kappa shape index (κ2) is 7.82. The highest BCUT2D eigenvalue weighted by atomic mass is 16.6. The monoisotopic (exact) mass is 484 g/mol. The molecule has 4 heteroatoms. The van der Waals surface area contributed by atoms with E-state index in [1.807, 2.05) is 0 Å². The molecule has 0 amide bonds. The maximum Gasteiger partial charge on any atom is 0.303 e. The van der Waals surface area contributed by atoms with Crippen LogP contribution in [0.3, 0.4) is 0 Å². The van der Waals surface area contributed by atoms with Crippen LogP contribution in [-0.4, -0.2) is 23.7 Å². The molecule has 0 heterocycles. The number of hydrogen-bond acceptors (Lipinski definition) is 4. The highest BCUT2D eigenvalue weighted by Crippen LogP contribution is 2.74. The largest absolute Gasteiger partial charge is 0.459 e. The molecule has 0 aromatic heterocycles. The van der Waals surface area contributed by atoms with Gasteiger partial charge in [-0.05, 0) is 96.7 Å². The summed E-state index contributed by atoms with van der Waals surface area (Å²) in [4.78, 5) is 12.3. The molecule has 0 spiro atoms. The van der Waals surface area contributed by atoms with E-state index in [2.05, 4.69) is 54.5 Å². The minimum absolute atomic E-state index is 0.0585. The van der Waals surface area contributed by atoms with Crippen LogP contribution in [0.15, 0.2) is 11.6 Å². The fourth-order valence-corrected chi connectivity index (χ4v) is 11.2. The number of fused-ring (bicyclic) bond motifs is 7. The van der Waals surface area contributed by atoms with Crippen molar-refractivity contribution in [2.45, 2.75) is 124 Å². The Kier molecular flexibility index (Phi) is 5.76. The lowest BCUT2D eigenvalue weighted by atomic mass is 9.33. The lowest BCUT2D eigenvalue weighted by Gasteiger charge is -2.72. The first-order valence-corrected chi connectivity index (χ1v) is 14.6. The van der Waals surface area contributed by atoms with Crippen LogP contribution >= 0.6 is 0 Å². The molecule has 5 aliphatic rings. The van der Waals surface area contributed by atoms with Crippen LogP contribution in [0.5, 0.6) is 0 Å². The van der Waals surface area contributed by atoms with E-state index in [-0.39, 0.29) is 45.3 Å². The number of nitrogens with two attached hydrogens (primary N) is 2. The van der Waals surface area contributed by atoms with E-state index in [9.17, 15) is 4.79 Å². The van der Waals surface area contributed by atoms with Crippen molar-refractivity contribution in [1.29, 1.82) is 0 Å². The fourth-order valence-electron chi connectivity index (χ4n) is 11.2. The van der Waals surface area contributed by atoms with Crippen LogP contribution in [0, 0.1) is 51.2 Å². The molecule has 0 radical (unpaired) electrons. The summed E-state index contributed by atoms with van der Waals surface area (Å²) in [6.07, 6.45) is 11.6. The molecule has 0 aromatic carbocycles. The molecule has 11 atom stereocenters. The number of allylic oxidation sites excluding steroid dienone is 1. The van der Waals surface area contributed by atoms with Crippen molar-refractivity contribution in [2.24, 2.45) is 62.7 Å². The summed E-state index contributed by atoms with van der Waals surface area (Å²) >= 11 is 0. The van der Waals surface area contributed by atoms with Crippen molar-refractivity contribution in [3.8, 4) is 0 Å². The van der Waals surface area contributed by atoms with Gasteiger partial charge in [-0.15, -0.1) is 0 Å². The van der Waals surface area contributed by atoms with Crippen LogP contribution < -0.4 is 11.5 Å². The third-order valence-electron chi connectivity index (χ3n) is 13.4. The Hall–Kier alpha value is -0.870. The van der Waals surface area contributed by atoms with Crippen LogP contribution in [0.4, 0.5) is 0 Å². The van der Waals surface area contributed by atoms with Crippen molar-refractivity contribution in [1.82, 2.24) is 0 Å². The Balaban J connectivity index is 1.60. The summed E-state index contributed by atoms with van der Waals surface area (Å²) in [7, 11) is 0. The van der Waals surface area contributed by atoms with E-state index in [4.69, 9.17) is 16.2 Å². The highest BCUT2D eigenvalue weighted by molar-refractivity contribution is 5.67. The second-order valence-electron chi connectivity index (χ2n) is 15.0. The summed E-state index contributed by atoms with van der Waals surface area (Å²) in [5.74, 6) is 2.64. The molecule has 0 aliphatic heterocycles. The van der Waals surface area contributed by atoms with E-state index in [1.54, 1.807) is 12.5 Å².